The van der Waals surface area contributed by atoms with Crippen LogP contribution in [0, 0.1) is 11.8 Å². The van der Waals surface area contributed by atoms with E-state index in [1.165, 1.54) is 31.4 Å². The lowest BCUT2D eigenvalue weighted by Crippen LogP contribution is -2.21. The van der Waals surface area contributed by atoms with Gasteiger partial charge in [0.1, 0.15) is 11.4 Å². The molecule has 7 nitrogen and oxygen atoms in total. The van der Waals surface area contributed by atoms with Crippen LogP contribution in [0.4, 0.5) is 5.69 Å². The number of fused-ring (bicyclic) bond motifs is 1. The van der Waals surface area contributed by atoms with Crippen molar-refractivity contribution >= 4 is 22.5 Å². The lowest BCUT2D eigenvalue weighted by atomic mass is 9.80. The number of nitrogens with zero attached hydrogens (tertiary/aromatic N) is 4. The molecular weight excluding hydrogens is 366 g/mol. The number of nitrogens with one attached hydrogen (secondary N) is 1. The molecule has 1 amide bonds. The van der Waals surface area contributed by atoms with E-state index in [0.717, 1.165) is 35.6 Å². The van der Waals surface area contributed by atoms with Gasteiger partial charge in [0.25, 0.3) is 5.91 Å². The Kier molecular flexibility index (Phi) is 5.47. The van der Waals surface area contributed by atoms with Crippen LogP contribution in [-0.2, 0) is 0 Å². The fourth-order valence-corrected chi connectivity index (χ4v) is 4.16. The van der Waals surface area contributed by atoms with Crippen LogP contribution in [-0.4, -0.2) is 32.8 Å². The monoisotopic (exact) mass is 393 g/mol. The minimum absolute atomic E-state index is 0.257. The van der Waals surface area contributed by atoms with Crippen LogP contribution in [0.3, 0.4) is 0 Å². The van der Waals surface area contributed by atoms with E-state index in [4.69, 9.17) is 9.84 Å². The second-order valence-corrected chi connectivity index (χ2v) is 8.08. The molecule has 1 aliphatic carbocycles. The molecule has 0 unspecified atom stereocenters. The van der Waals surface area contributed by atoms with E-state index in [9.17, 15) is 4.79 Å². The average Bonchev–Trinajstić information content (AvgIpc) is 3.16. The largest absolute Gasteiger partial charge is 0.494 e. The van der Waals surface area contributed by atoms with Gasteiger partial charge in [-0.25, -0.2) is 4.98 Å². The predicted molar refractivity (Wildman–Crippen MR) is 112 cm³/mol. The van der Waals surface area contributed by atoms with E-state index >= 15 is 0 Å². The van der Waals surface area contributed by atoms with Gasteiger partial charge in [-0.05, 0) is 43.6 Å². The number of ether oxygens (including phenoxy) is 1. The Bertz CT molecular complexity index is 991. The molecule has 0 saturated heterocycles. The third-order valence-corrected chi connectivity index (χ3v) is 5.95. The molecule has 1 N–H and O–H groups in total. The van der Waals surface area contributed by atoms with Crippen molar-refractivity contribution in [3.63, 3.8) is 0 Å². The second kappa shape index (κ2) is 8.19. The maximum Gasteiger partial charge on any atom is 0.275 e. The smallest absolute Gasteiger partial charge is 0.275 e. The summed E-state index contributed by atoms with van der Waals surface area (Å²) in [5, 5.41) is 8.65. The topological polar surface area (TPSA) is 81.9 Å². The van der Waals surface area contributed by atoms with E-state index in [2.05, 4.69) is 40.0 Å². The Labute approximate surface area is 170 Å². The molecule has 4 rings (SSSR count). The molecule has 7 heteroatoms. The van der Waals surface area contributed by atoms with Gasteiger partial charge in [-0.2, -0.15) is 5.10 Å². The van der Waals surface area contributed by atoms with Crippen molar-refractivity contribution in [3.05, 3.63) is 42.6 Å². The highest BCUT2D eigenvalue weighted by molar-refractivity contribution is 6.04. The minimum atomic E-state index is -0.324. The number of benzene rings is 1. The summed E-state index contributed by atoms with van der Waals surface area (Å²) >= 11 is 0. The highest BCUT2D eigenvalue weighted by Crippen LogP contribution is 2.37. The van der Waals surface area contributed by atoms with Crippen LogP contribution in [0.1, 0.15) is 56.1 Å². The van der Waals surface area contributed by atoms with Crippen LogP contribution in [0.25, 0.3) is 10.9 Å². The van der Waals surface area contributed by atoms with E-state index in [-0.39, 0.29) is 11.6 Å². The number of amides is 1. The Hall–Kier alpha value is -2.96. The van der Waals surface area contributed by atoms with Crippen molar-refractivity contribution in [2.45, 2.75) is 45.6 Å². The summed E-state index contributed by atoms with van der Waals surface area (Å²) in [6.45, 7) is 4.63. The van der Waals surface area contributed by atoms with Crippen LogP contribution in [0.5, 0.6) is 5.75 Å². The lowest BCUT2D eigenvalue weighted by Gasteiger charge is -2.30. The Morgan fingerprint density at radius 2 is 2.00 bits per heavy atom. The van der Waals surface area contributed by atoms with Gasteiger partial charge in [0.05, 0.1) is 30.6 Å². The number of carbonyl (C=O) groups is 1. The summed E-state index contributed by atoms with van der Waals surface area (Å²) in [6, 6.07) is 4.21. The van der Waals surface area contributed by atoms with E-state index in [1.54, 1.807) is 7.11 Å². The molecule has 3 aromatic rings. The summed E-state index contributed by atoms with van der Waals surface area (Å²) < 4.78 is 7.58. The summed E-state index contributed by atoms with van der Waals surface area (Å²) in [6.07, 6.45) is 11.4. The molecule has 1 saturated carbocycles. The molecule has 2 heterocycles. The van der Waals surface area contributed by atoms with Crippen molar-refractivity contribution in [1.29, 1.82) is 0 Å². The average molecular weight is 393 g/mol. The van der Waals surface area contributed by atoms with E-state index in [0.29, 0.717) is 17.5 Å². The summed E-state index contributed by atoms with van der Waals surface area (Å²) in [7, 11) is 1.59. The molecule has 0 atom stereocenters. The number of hydrogen-bond acceptors (Lipinski definition) is 5. The highest BCUT2D eigenvalue weighted by atomic mass is 16.5. The first kappa shape index (κ1) is 19.4. The van der Waals surface area contributed by atoms with Crippen LogP contribution in [0.15, 0.2) is 36.9 Å². The third kappa shape index (κ3) is 4.09. The number of hydrogen-bond donors (Lipinski definition) is 1. The first-order valence-corrected chi connectivity index (χ1v) is 10.2. The van der Waals surface area contributed by atoms with Crippen molar-refractivity contribution in [3.8, 4) is 5.75 Å². The summed E-state index contributed by atoms with van der Waals surface area (Å²) in [5.74, 6) is 1.82. The number of anilines is 1. The third-order valence-electron chi connectivity index (χ3n) is 5.95. The first-order valence-electron chi connectivity index (χ1n) is 10.2. The summed E-state index contributed by atoms with van der Waals surface area (Å²) in [4.78, 5) is 20.5. The number of carbonyl (C=O) groups excluding carboxylic acids is 1. The van der Waals surface area contributed by atoms with Gasteiger partial charge in [-0.3, -0.25) is 14.5 Å². The maximum atomic E-state index is 12.5. The maximum absolute atomic E-state index is 12.5. The van der Waals surface area contributed by atoms with Crippen LogP contribution >= 0.6 is 0 Å². The molecule has 2 aromatic heterocycles. The van der Waals surface area contributed by atoms with Gasteiger partial charge in [-0.15, -0.1) is 0 Å². The molecule has 0 bridgehead atoms. The fourth-order valence-electron chi connectivity index (χ4n) is 4.16. The quantitative estimate of drug-likeness (QED) is 0.691. The molecule has 1 fully saturated rings. The summed E-state index contributed by atoms with van der Waals surface area (Å²) in [5.41, 5.74) is 1.72. The Morgan fingerprint density at radius 1 is 1.21 bits per heavy atom. The lowest BCUT2D eigenvalue weighted by molar-refractivity contribution is 0.102. The number of methoxy groups -OCH3 is 1. The van der Waals surface area contributed by atoms with Crippen molar-refractivity contribution in [2.24, 2.45) is 11.8 Å². The van der Waals surface area contributed by atoms with Crippen LogP contribution < -0.4 is 10.1 Å². The molecule has 1 aliphatic rings. The van der Waals surface area contributed by atoms with Gasteiger partial charge in [0.15, 0.2) is 0 Å². The molecular formula is C22H27N5O2. The Morgan fingerprint density at radius 3 is 2.66 bits per heavy atom. The molecule has 152 valence electrons. The Balaban J connectivity index is 1.57. The fraction of sp³-hybridized carbons (Fsp3) is 0.455. The first-order chi connectivity index (χ1) is 14.0. The van der Waals surface area contributed by atoms with Gasteiger partial charge in [0, 0.05) is 30.0 Å². The zero-order valence-electron chi connectivity index (χ0n) is 17.1. The predicted octanol–water partition coefficient (Wildman–Crippen LogP) is 4.47. The molecule has 0 radical (unpaired) electrons. The highest BCUT2D eigenvalue weighted by Gasteiger charge is 2.25. The van der Waals surface area contributed by atoms with Gasteiger partial charge >= 0.3 is 0 Å². The SMILES string of the molecule is COc1cc2nn([C@H]3CC[C@H](C(C)C)CC3)cc2cc1NC(=O)c1cnccn1. The normalized spacial score (nSPS) is 19.4. The van der Waals surface area contributed by atoms with Gasteiger partial charge in [0.2, 0.25) is 0 Å². The molecule has 29 heavy (non-hydrogen) atoms. The molecule has 1 aromatic carbocycles. The van der Waals surface area contributed by atoms with Gasteiger partial charge in [-0.1, -0.05) is 13.8 Å². The zero-order chi connectivity index (χ0) is 20.4. The minimum Gasteiger partial charge on any atom is -0.494 e. The van der Waals surface area contributed by atoms with Crippen LogP contribution in [0.2, 0.25) is 0 Å². The van der Waals surface area contributed by atoms with Crippen molar-refractivity contribution in [1.82, 2.24) is 19.7 Å². The number of aromatic nitrogens is 4. The molecule has 0 spiro atoms. The van der Waals surface area contributed by atoms with Gasteiger partial charge < -0.3 is 10.1 Å². The van der Waals surface area contributed by atoms with E-state index in [1.807, 2.05) is 12.1 Å². The van der Waals surface area contributed by atoms with E-state index < -0.39 is 0 Å². The molecule has 0 aliphatic heterocycles. The number of rotatable bonds is 5. The zero-order valence-corrected chi connectivity index (χ0v) is 17.1. The second-order valence-electron chi connectivity index (χ2n) is 8.08. The standard InChI is InChI=1S/C22H27N5O2/c1-14(2)15-4-6-17(7-5-15)27-13-16-10-19(21(29-3)11-18(16)26-27)25-22(28)20-12-23-8-9-24-20/h8-15,17H,4-7H2,1-3H3,(H,25,28)/t15-,17-. The van der Waals surface area contributed by atoms with Crippen molar-refractivity contribution in [2.75, 3.05) is 12.4 Å². The van der Waals surface area contributed by atoms with Crippen molar-refractivity contribution < 1.29 is 9.53 Å².